The van der Waals surface area contributed by atoms with Gasteiger partial charge in [-0.15, -0.1) is 0 Å². The predicted octanol–water partition coefficient (Wildman–Crippen LogP) is 1.72. The molecule has 90 valence electrons. The minimum atomic E-state index is -2.81. The summed E-state index contributed by atoms with van der Waals surface area (Å²) < 4.78 is 22.8. The molecule has 0 aromatic heterocycles. The Morgan fingerprint density at radius 3 is 2.53 bits per heavy atom. The van der Waals surface area contributed by atoms with Gasteiger partial charge in [-0.1, -0.05) is 26.2 Å². The second-order valence-corrected chi connectivity index (χ2v) is 7.06. The van der Waals surface area contributed by atoms with Crippen LogP contribution in [0.25, 0.3) is 0 Å². The molecule has 4 heteroatoms. The number of sulfone groups is 1. The highest BCUT2D eigenvalue weighted by atomic mass is 32.2. The fraction of sp³-hybridized carbons (Fsp3) is 1.00. The van der Waals surface area contributed by atoms with E-state index in [1.807, 2.05) is 0 Å². The lowest BCUT2D eigenvalue weighted by molar-refractivity contribution is 0.386. The van der Waals surface area contributed by atoms with Gasteiger partial charge in [0.2, 0.25) is 0 Å². The van der Waals surface area contributed by atoms with Crippen LogP contribution in [0, 0.1) is 5.92 Å². The molecule has 0 saturated heterocycles. The second kappa shape index (κ2) is 5.85. The fourth-order valence-corrected chi connectivity index (χ4v) is 3.20. The van der Waals surface area contributed by atoms with Gasteiger partial charge in [-0.25, -0.2) is 8.42 Å². The SMILES string of the molecule is CCS(=O)(=O)CCC1CCCCCC1N. The third-order valence-corrected chi connectivity index (χ3v) is 5.19. The first-order chi connectivity index (χ1) is 7.05. The fourth-order valence-electron chi connectivity index (χ4n) is 2.25. The van der Waals surface area contributed by atoms with Crippen molar-refractivity contribution in [1.82, 2.24) is 0 Å². The van der Waals surface area contributed by atoms with Crippen molar-refractivity contribution < 1.29 is 8.42 Å². The summed E-state index contributed by atoms with van der Waals surface area (Å²) in [5.74, 6) is 1.01. The van der Waals surface area contributed by atoms with Crippen LogP contribution in [0.15, 0.2) is 0 Å². The number of hydrogen-bond donors (Lipinski definition) is 1. The van der Waals surface area contributed by atoms with Crippen LogP contribution in [0.1, 0.15) is 45.4 Å². The first-order valence-corrected chi connectivity index (χ1v) is 7.83. The van der Waals surface area contributed by atoms with Gasteiger partial charge < -0.3 is 5.73 Å². The molecule has 2 atom stereocenters. The molecule has 1 rings (SSSR count). The molecule has 1 aliphatic rings. The summed E-state index contributed by atoms with van der Waals surface area (Å²) in [5, 5.41) is 0. The van der Waals surface area contributed by atoms with E-state index in [1.54, 1.807) is 6.92 Å². The third kappa shape index (κ3) is 4.51. The zero-order chi connectivity index (χ0) is 11.3. The average Bonchev–Trinajstić information content (AvgIpc) is 2.40. The average molecular weight is 233 g/mol. The van der Waals surface area contributed by atoms with Crippen LogP contribution < -0.4 is 5.73 Å². The summed E-state index contributed by atoms with van der Waals surface area (Å²) in [5.41, 5.74) is 6.05. The van der Waals surface area contributed by atoms with E-state index >= 15 is 0 Å². The van der Waals surface area contributed by atoms with Crippen molar-refractivity contribution in [2.24, 2.45) is 11.7 Å². The lowest BCUT2D eigenvalue weighted by Crippen LogP contribution is -2.30. The van der Waals surface area contributed by atoms with Crippen LogP contribution in [0.5, 0.6) is 0 Å². The molecule has 0 heterocycles. The topological polar surface area (TPSA) is 60.2 Å². The normalized spacial score (nSPS) is 28.7. The molecule has 0 amide bonds. The molecule has 0 aromatic rings. The molecule has 15 heavy (non-hydrogen) atoms. The highest BCUT2D eigenvalue weighted by Crippen LogP contribution is 2.25. The molecule has 0 aromatic carbocycles. The van der Waals surface area contributed by atoms with Crippen LogP contribution in [-0.4, -0.2) is 26.0 Å². The van der Waals surface area contributed by atoms with E-state index in [1.165, 1.54) is 19.3 Å². The minimum absolute atomic E-state index is 0.222. The lowest BCUT2D eigenvalue weighted by atomic mass is 9.93. The largest absolute Gasteiger partial charge is 0.327 e. The van der Waals surface area contributed by atoms with Crippen molar-refractivity contribution in [2.75, 3.05) is 11.5 Å². The van der Waals surface area contributed by atoms with Crippen LogP contribution >= 0.6 is 0 Å². The smallest absolute Gasteiger partial charge is 0.150 e. The van der Waals surface area contributed by atoms with Crippen LogP contribution in [0.4, 0.5) is 0 Å². The summed E-state index contributed by atoms with van der Waals surface area (Å²) in [6.45, 7) is 1.71. The quantitative estimate of drug-likeness (QED) is 0.752. The van der Waals surface area contributed by atoms with E-state index in [9.17, 15) is 8.42 Å². The summed E-state index contributed by atoms with van der Waals surface area (Å²) in [6, 6.07) is 0.222. The summed E-state index contributed by atoms with van der Waals surface area (Å²) in [6.07, 6.45) is 6.61. The summed E-state index contributed by atoms with van der Waals surface area (Å²) in [4.78, 5) is 0. The van der Waals surface area contributed by atoms with E-state index in [4.69, 9.17) is 5.73 Å². The van der Waals surface area contributed by atoms with Crippen molar-refractivity contribution in [3.63, 3.8) is 0 Å². The zero-order valence-corrected chi connectivity index (χ0v) is 10.4. The molecule has 0 spiro atoms. The molecule has 0 bridgehead atoms. The van der Waals surface area contributed by atoms with Crippen LogP contribution in [0.3, 0.4) is 0 Å². The number of hydrogen-bond acceptors (Lipinski definition) is 3. The third-order valence-electron chi connectivity index (χ3n) is 3.46. The molecule has 2 N–H and O–H groups in total. The van der Waals surface area contributed by atoms with Gasteiger partial charge in [-0.05, 0) is 25.2 Å². The maximum absolute atomic E-state index is 11.4. The van der Waals surface area contributed by atoms with E-state index < -0.39 is 9.84 Å². The molecule has 0 radical (unpaired) electrons. The Bertz CT molecular complexity index is 274. The molecule has 1 saturated carbocycles. The standard InChI is InChI=1S/C11H23NO2S/c1-2-15(13,14)9-8-10-6-4-3-5-7-11(10)12/h10-11H,2-9,12H2,1H3. The van der Waals surface area contributed by atoms with Crippen LogP contribution in [-0.2, 0) is 9.84 Å². The highest BCUT2D eigenvalue weighted by molar-refractivity contribution is 7.91. The van der Waals surface area contributed by atoms with Gasteiger partial charge in [0.05, 0.1) is 5.75 Å². The first kappa shape index (κ1) is 13.0. The predicted molar refractivity (Wildman–Crippen MR) is 63.5 cm³/mol. The Morgan fingerprint density at radius 1 is 1.20 bits per heavy atom. The van der Waals surface area contributed by atoms with Crippen molar-refractivity contribution in [2.45, 2.75) is 51.5 Å². The van der Waals surface area contributed by atoms with Gasteiger partial charge in [-0.2, -0.15) is 0 Å². The van der Waals surface area contributed by atoms with Gasteiger partial charge in [0.15, 0.2) is 0 Å². The van der Waals surface area contributed by atoms with Crippen molar-refractivity contribution in [1.29, 1.82) is 0 Å². The maximum Gasteiger partial charge on any atom is 0.150 e. The number of rotatable bonds is 4. The molecule has 1 aliphatic carbocycles. The van der Waals surface area contributed by atoms with E-state index in [2.05, 4.69) is 0 Å². The molecular formula is C11H23NO2S. The van der Waals surface area contributed by atoms with Crippen molar-refractivity contribution in [3.8, 4) is 0 Å². The van der Waals surface area contributed by atoms with Gasteiger partial charge in [0.25, 0.3) is 0 Å². The van der Waals surface area contributed by atoms with Crippen molar-refractivity contribution >= 4 is 9.84 Å². The van der Waals surface area contributed by atoms with Gasteiger partial charge in [-0.3, -0.25) is 0 Å². The van der Waals surface area contributed by atoms with E-state index in [0.717, 1.165) is 19.3 Å². The van der Waals surface area contributed by atoms with Crippen molar-refractivity contribution in [3.05, 3.63) is 0 Å². The molecule has 0 aliphatic heterocycles. The molecular weight excluding hydrogens is 210 g/mol. The Kier molecular flexibility index (Phi) is 5.06. The van der Waals surface area contributed by atoms with Gasteiger partial charge >= 0.3 is 0 Å². The second-order valence-electron chi connectivity index (χ2n) is 4.59. The summed E-state index contributed by atoms with van der Waals surface area (Å²) >= 11 is 0. The van der Waals surface area contributed by atoms with Crippen LogP contribution in [0.2, 0.25) is 0 Å². The van der Waals surface area contributed by atoms with E-state index in [-0.39, 0.29) is 11.8 Å². The molecule has 1 fully saturated rings. The highest BCUT2D eigenvalue weighted by Gasteiger charge is 2.22. The molecule has 3 nitrogen and oxygen atoms in total. The van der Waals surface area contributed by atoms with Gasteiger partial charge in [0, 0.05) is 11.8 Å². The Hall–Kier alpha value is -0.0900. The summed E-state index contributed by atoms with van der Waals surface area (Å²) in [7, 11) is -2.81. The monoisotopic (exact) mass is 233 g/mol. The minimum Gasteiger partial charge on any atom is -0.327 e. The Balaban J connectivity index is 2.42. The first-order valence-electron chi connectivity index (χ1n) is 6.01. The number of nitrogens with two attached hydrogens (primary N) is 1. The maximum atomic E-state index is 11.4. The Morgan fingerprint density at radius 2 is 1.87 bits per heavy atom. The van der Waals surface area contributed by atoms with E-state index in [0.29, 0.717) is 11.7 Å². The van der Waals surface area contributed by atoms with Gasteiger partial charge in [0.1, 0.15) is 9.84 Å². The Labute approximate surface area is 93.3 Å². The zero-order valence-electron chi connectivity index (χ0n) is 9.61. The molecule has 2 unspecified atom stereocenters. The lowest BCUT2D eigenvalue weighted by Gasteiger charge is -2.20.